The van der Waals surface area contributed by atoms with Gasteiger partial charge in [0.15, 0.2) is 6.33 Å². The zero-order valence-corrected chi connectivity index (χ0v) is 4.84. The topological polar surface area (TPSA) is 76.7 Å². The Labute approximate surface area is 55.5 Å². The zero-order chi connectivity index (χ0) is 6.97. The predicted molar refractivity (Wildman–Crippen MR) is 29.4 cm³/mol. The molecule has 6 nitrogen and oxygen atoms in total. The lowest BCUT2D eigenvalue weighted by atomic mass is 10.6. The van der Waals surface area contributed by atoms with E-state index in [2.05, 4.69) is 20.2 Å². The van der Waals surface area contributed by atoms with E-state index in [-0.39, 0.29) is 0 Å². The van der Waals surface area contributed by atoms with Crippen LogP contribution in [-0.4, -0.2) is 30.1 Å². The second-order valence-corrected chi connectivity index (χ2v) is 1.70. The van der Waals surface area contributed by atoms with Crippen molar-refractivity contribution in [1.82, 2.24) is 24.9 Å². The summed E-state index contributed by atoms with van der Waals surface area (Å²) < 4.78 is 0.773. The number of fused-ring (bicyclic) bond motifs is 1. The third-order valence-corrected chi connectivity index (χ3v) is 1.09. The van der Waals surface area contributed by atoms with Crippen LogP contribution in [0.2, 0.25) is 0 Å². The maximum atomic E-state index is 8.97. The monoisotopic (exact) mass is 137 g/mol. The molecule has 0 fully saturated rings. The summed E-state index contributed by atoms with van der Waals surface area (Å²) in [4.78, 5) is 7.43. The third kappa shape index (κ3) is 0.524. The molecule has 0 amide bonds. The highest BCUT2D eigenvalue weighted by Crippen LogP contribution is 2.08. The highest BCUT2D eigenvalue weighted by molar-refractivity contribution is 5.41. The first-order chi connectivity index (χ1) is 4.88. The van der Waals surface area contributed by atoms with Gasteiger partial charge in [-0.1, -0.05) is 0 Å². The fourth-order valence-electron chi connectivity index (χ4n) is 0.670. The highest BCUT2D eigenvalue weighted by atomic mass is 16.5. The van der Waals surface area contributed by atoms with E-state index in [0.29, 0.717) is 11.6 Å². The van der Waals surface area contributed by atoms with Gasteiger partial charge in [0.2, 0.25) is 11.6 Å². The van der Waals surface area contributed by atoms with Crippen molar-refractivity contribution in [2.75, 3.05) is 0 Å². The molecule has 0 spiro atoms. The average Bonchev–Trinajstić information content (AvgIpc) is 2.36. The fourth-order valence-corrected chi connectivity index (χ4v) is 0.670. The van der Waals surface area contributed by atoms with Crippen LogP contribution in [0.25, 0.3) is 11.6 Å². The van der Waals surface area contributed by atoms with Gasteiger partial charge in [-0.25, -0.2) is 9.97 Å². The standard InChI is InChI=1S/C4H3N5O/c10-9-2-7-8-3-4(9)6-1-5-3/h1-2,10H. The lowest BCUT2D eigenvalue weighted by Gasteiger charge is -1.96. The van der Waals surface area contributed by atoms with Crippen LogP contribution in [0, 0.1) is 0 Å². The summed E-state index contributed by atoms with van der Waals surface area (Å²) in [5.74, 6) is 0.653. The molecule has 10 heavy (non-hydrogen) atoms. The van der Waals surface area contributed by atoms with Gasteiger partial charge in [-0.05, 0) is 0 Å². The molecule has 0 radical (unpaired) electrons. The van der Waals surface area contributed by atoms with Crippen LogP contribution in [-0.2, 0) is 0 Å². The fraction of sp³-hybridized carbons (Fsp3) is 0. The summed E-state index contributed by atoms with van der Waals surface area (Å²) in [6, 6.07) is 0. The Morgan fingerprint density at radius 3 is 3.10 bits per heavy atom. The Hall–Kier alpha value is -1.72. The Balaban J connectivity index is 2.80. The summed E-state index contributed by atoms with van der Waals surface area (Å²) in [5, 5.41) is 16.0. The normalized spacial score (nSPS) is 10.4. The smallest absolute Gasteiger partial charge is 0.222 e. The lowest BCUT2D eigenvalue weighted by molar-refractivity contribution is 0.181. The molecule has 2 aliphatic heterocycles. The first kappa shape index (κ1) is 5.10. The summed E-state index contributed by atoms with van der Waals surface area (Å²) in [6.07, 6.45) is 2.46. The molecule has 2 aliphatic rings. The van der Waals surface area contributed by atoms with E-state index in [4.69, 9.17) is 5.21 Å². The van der Waals surface area contributed by atoms with Crippen LogP contribution >= 0.6 is 0 Å². The van der Waals surface area contributed by atoms with E-state index in [1.54, 1.807) is 0 Å². The summed E-state index contributed by atoms with van der Waals surface area (Å²) in [7, 11) is 0. The molecule has 1 N–H and O–H groups in total. The van der Waals surface area contributed by atoms with E-state index < -0.39 is 0 Å². The Kier molecular flexibility index (Phi) is 0.830. The third-order valence-electron chi connectivity index (χ3n) is 1.09. The van der Waals surface area contributed by atoms with E-state index >= 15 is 0 Å². The minimum Gasteiger partial charge on any atom is -0.425 e. The van der Waals surface area contributed by atoms with Gasteiger partial charge in [0, 0.05) is 0 Å². The van der Waals surface area contributed by atoms with Crippen molar-refractivity contribution in [3.63, 3.8) is 0 Å². The van der Waals surface area contributed by atoms with Gasteiger partial charge in [0.1, 0.15) is 6.33 Å². The summed E-state index contributed by atoms with van der Waals surface area (Å²) in [5.41, 5.74) is 0. The van der Waals surface area contributed by atoms with Crippen molar-refractivity contribution >= 4 is 0 Å². The van der Waals surface area contributed by atoms with Crippen molar-refractivity contribution in [2.45, 2.75) is 0 Å². The van der Waals surface area contributed by atoms with Crippen molar-refractivity contribution < 1.29 is 5.21 Å². The molecule has 0 atom stereocenters. The van der Waals surface area contributed by atoms with Gasteiger partial charge in [-0.3, -0.25) is 0 Å². The molecule has 0 saturated carbocycles. The van der Waals surface area contributed by atoms with Gasteiger partial charge in [-0.2, -0.15) is 4.73 Å². The number of nitrogens with zero attached hydrogens (tertiary/aromatic N) is 5. The minimum absolute atomic E-state index is 0.315. The van der Waals surface area contributed by atoms with Crippen molar-refractivity contribution in [2.24, 2.45) is 0 Å². The van der Waals surface area contributed by atoms with Crippen molar-refractivity contribution in [3.05, 3.63) is 12.7 Å². The maximum Gasteiger partial charge on any atom is 0.222 e. The van der Waals surface area contributed by atoms with Crippen LogP contribution in [0.15, 0.2) is 12.7 Å². The first-order valence-electron chi connectivity index (χ1n) is 2.58. The second kappa shape index (κ2) is 1.63. The molecule has 0 aromatic carbocycles. The average molecular weight is 137 g/mol. The lowest BCUT2D eigenvalue weighted by Crippen LogP contribution is -2.02. The number of aromatic nitrogens is 5. The maximum absolute atomic E-state index is 8.97. The van der Waals surface area contributed by atoms with E-state index in [0.717, 1.165) is 11.1 Å². The number of imidazole rings is 1. The van der Waals surface area contributed by atoms with Crippen LogP contribution in [0.5, 0.6) is 0 Å². The Bertz CT molecular complexity index is 318. The van der Waals surface area contributed by atoms with Crippen LogP contribution in [0.1, 0.15) is 0 Å². The summed E-state index contributed by atoms with van der Waals surface area (Å²) in [6.45, 7) is 0. The molecule has 0 saturated heterocycles. The second-order valence-electron chi connectivity index (χ2n) is 1.70. The van der Waals surface area contributed by atoms with E-state index in [1.807, 2.05) is 0 Å². The molecular formula is C4H3N5O. The highest BCUT2D eigenvalue weighted by Gasteiger charge is 2.09. The molecular weight excluding hydrogens is 134 g/mol. The van der Waals surface area contributed by atoms with Crippen molar-refractivity contribution in [3.8, 4) is 11.6 Å². The Morgan fingerprint density at radius 2 is 2.30 bits per heavy atom. The largest absolute Gasteiger partial charge is 0.425 e. The first-order valence-corrected chi connectivity index (χ1v) is 2.58. The van der Waals surface area contributed by atoms with Gasteiger partial charge in [-0.15, -0.1) is 10.2 Å². The van der Waals surface area contributed by atoms with Gasteiger partial charge in [0.25, 0.3) is 0 Å². The molecule has 2 heterocycles. The quantitative estimate of drug-likeness (QED) is 0.491. The van der Waals surface area contributed by atoms with Gasteiger partial charge in [0.05, 0.1) is 0 Å². The van der Waals surface area contributed by atoms with Crippen LogP contribution in [0.4, 0.5) is 0 Å². The molecule has 6 heteroatoms. The van der Waals surface area contributed by atoms with Gasteiger partial charge >= 0.3 is 0 Å². The molecule has 0 aliphatic carbocycles. The summed E-state index contributed by atoms with van der Waals surface area (Å²) >= 11 is 0. The molecule has 0 aromatic heterocycles. The molecule has 0 unspecified atom stereocenters. The predicted octanol–water partition coefficient (Wildman–Crippen LogP) is -0.590. The molecule has 0 aromatic rings. The van der Waals surface area contributed by atoms with Crippen molar-refractivity contribution in [1.29, 1.82) is 0 Å². The zero-order valence-electron chi connectivity index (χ0n) is 4.84. The molecule has 2 rings (SSSR count). The number of hydrogen-bond acceptors (Lipinski definition) is 5. The van der Waals surface area contributed by atoms with Gasteiger partial charge < -0.3 is 5.21 Å². The van der Waals surface area contributed by atoms with E-state index in [9.17, 15) is 0 Å². The number of rotatable bonds is 0. The molecule has 50 valence electrons. The van der Waals surface area contributed by atoms with E-state index in [1.165, 1.54) is 6.33 Å². The van der Waals surface area contributed by atoms with Crippen LogP contribution < -0.4 is 0 Å². The SMILES string of the molecule is On1cnnc2ncnc1-2. The minimum atomic E-state index is 0.315. The Morgan fingerprint density at radius 1 is 1.40 bits per heavy atom. The number of hydrogen-bond donors (Lipinski definition) is 1. The molecule has 0 bridgehead atoms. The van der Waals surface area contributed by atoms with Crippen LogP contribution in [0.3, 0.4) is 0 Å².